The number of carbonyl (C=O) groups excluding carboxylic acids is 2. The third-order valence-corrected chi connectivity index (χ3v) is 7.11. The molecule has 8 nitrogen and oxygen atoms in total. The second-order valence-corrected chi connectivity index (χ2v) is 9.18. The highest BCUT2D eigenvalue weighted by molar-refractivity contribution is 6.04. The number of rotatable bonds is 6. The van der Waals surface area contributed by atoms with E-state index in [1.54, 1.807) is 24.3 Å². The normalized spacial score (nSPS) is 19.0. The minimum Gasteiger partial charge on any atom is -0.490 e. The van der Waals surface area contributed by atoms with Crippen molar-refractivity contribution in [2.24, 2.45) is 0 Å². The Balaban J connectivity index is 1.45. The summed E-state index contributed by atoms with van der Waals surface area (Å²) in [6, 6.07) is 16.2. The molecule has 0 saturated carbocycles. The Morgan fingerprint density at radius 1 is 0.973 bits per heavy atom. The molecule has 190 valence electrons. The maximum atomic E-state index is 14.0. The van der Waals surface area contributed by atoms with Crippen LogP contribution < -0.4 is 24.3 Å². The SMILES string of the molecule is CCOc1cc2c(cc1OCC)[C@H]1[C@H](C(=O)Nc3ccc4c(c3)OCO4)c3ccccc3C(=O)N1CC2. The molecule has 8 heteroatoms. The molecule has 0 aromatic heterocycles. The molecule has 37 heavy (non-hydrogen) atoms. The van der Waals surface area contributed by atoms with Gasteiger partial charge in [0.15, 0.2) is 23.0 Å². The van der Waals surface area contributed by atoms with Gasteiger partial charge in [-0.25, -0.2) is 0 Å². The lowest BCUT2D eigenvalue weighted by molar-refractivity contribution is -0.119. The van der Waals surface area contributed by atoms with E-state index < -0.39 is 12.0 Å². The maximum Gasteiger partial charge on any atom is 0.254 e. The smallest absolute Gasteiger partial charge is 0.254 e. The summed E-state index contributed by atoms with van der Waals surface area (Å²) in [4.78, 5) is 29.4. The molecule has 3 heterocycles. The molecule has 3 aliphatic heterocycles. The van der Waals surface area contributed by atoms with Crippen molar-refractivity contribution in [3.8, 4) is 23.0 Å². The number of benzene rings is 3. The number of ether oxygens (including phenoxy) is 4. The Morgan fingerprint density at radius 3 is 2.54 bits per heavy atom. The van der Waals surface area contributed by atoms with Gasteiger partial charge >= 0.3 is 0 Å². The number of nitrogens with zero attached hydrogens (tertiary/aromatic N) is 1. The van der Waals surface area contributed by atoms with E-state index in [9.17, 15) is 9.59 Å². The Hall–Kier alpha value is -4.20. The zero-order valence-electron chi connectivity index (χ0n) is 20.8. The lowest BCUT2D eigenvalue weighted by Crippen LogP contribution is -2.49. The first kappa shape index (κ1) is 23.2. The van der Waals surface area contributed by atoms with Crippen molar-refractivity contribution in [3.63, 3.8) is 0 Å². The van der Waals surface area contributed by atoms with Gasteiger partial charge < -0.3 is 29.2 Å². The fraction of sp³-hybridized carbons (Fsp3) is 0.310. The minimum absolute atomic E-state index is 0.0646. The summed E-state index contributed by atoms with van der Waals surface area (Å²) >= 11 is 0. The number of hydrogen-bond donors (Lipinski definition) is 1. The lowest BCUT2D eigenvalue weighted by Gasteiger charge is -2.45. The molecule has 3 aromatic rings. The molecule has 0 radical (unpaired) electrons. The van der Waals surface area contributed by atoms with Gasteiger partial charge in [0.2, 0.25) is 12.7 Å². The molecule has 6 rings (SSSR count). The fourth-order valence-corrected chi connectivity index (χ4v) is 5.55. The first-order valence-corrected chi connectivity index (χ1v) is 12.6. The second kappa shape index (κ2) is 9.35. The van der Waals surface area contributed by atoms with Gasteiger partial charge in [0, 0.05) is 23.9 Å². The van der Waals surface area contributed by atoms with E-state index in [2.05, 4.69) is 5.32 Å². The predicted octanol–water partition coefficient (Wildman–Crippen LogP) is 4.69. The van der Waals surface area contributed by atoms with Crippen LogP contribution >= 0.6 is 0 Å². The summed E-state index contributed by atoms with van der Waals surface area (Å²) in [7, 11) is 0. The molecular formula is C29H28N2O6. The van der Waals surface area contributed by atoms with E-state index in [1.807, 2.05) is 49.1 Å². The molecule has 0 bridgehead atoms. The quantitative estimate of drug-likeness (QED) is 0.529. The van der Waals surface area contributed by atoms with E-state index in [0.29, 0.717) is 66.0 Å². The Bertz CT molecular complexity index is 1390. The summed E-state index contributed by atoms with van der Waals surface area (Å²) < 4.78 is 22.6. The van der Waals surface area contributed by atoms with Crippen molar-refractivity contribution in [1.29, 1.82) is 0 Å². The fourth-order valence-electron chi connectivity index (χ4n) is 5.55. The van der Waals surface area contributed by atoms with Gasteiger partial charge in [0.1, 0.15) is 0 Å². The van der Waals surface area contributed by atoms with Gasteiger partial charge in [-0.15, -0.1) is 0 Å². The van der Waals surface area contributed by atoms with Crippen molar-refractivity contribution in [2.75, 3.05) is 31.9 Å². The van der Waals surface area contributed by atoms with E-state index in [4.69, 9.17) is 18.9 Å². The van der Waals surface area contributed by atoms with Gasteiger partial charge in [-0.05, 0) is 67.3 Å². The monoisotopic (exact) mass is 500 g/mol. The highest BCUT2D eigenvalue weighted by atomic mass is 16.7. The van der Waals surface area contributed by atoms with Crippen molar-refractivity contribution < 1.29 is 28.5 Å². The summed E-state index contributed by atoms with van der Waals surface area (Å²) in [6.45, 7) is 5.51. The predicted molar refractivity (Wildman–Crippen MR) is 137 cm³/mol. The number of nitrogens with one attached hydrogen (secondary N) is 1. The Labute approximate surface area is 215 Å². The first-order valence-electron chi connectivity index (χ1n) is 12.6. The molecule has 0 saturated heterocycles. The van der Waals surface area contributed by atoms with Crippen molar-refractivity contribution in [3.05, 3.63) is 76.9 Å². The standard InChI is InChI=1S/C29H28N2O6/c1-3-34-23-13-17-11-12-31-27(21(17)15-25(23)35-4-2)26(19-7-5-6-8-20(19)29(31)33)28(32)30-18-9-10-22-24(14-18)37-16-36-22/h5-10,13-15,26-27H,3-4,11-12,16H2,1-2H3,(H,30,32)/t26-,27+/m1/s1. The molecule has 2 amide bonds. The van der Waals surface area contributed by atoms with Crippen LogP contribution in [0.5, 0.6) is 23.0 Å². The number of hydrogen-bond acceptors (Lipinski definition) is 6. The van der Waals surface area contributed by atoms with Crippen LogP contribution in [0.3, 0.4) is 0 Å². The van der Waals surface area contributed by atoms with Gasteiger partial charge in [0.05, 0.1) is 25.2 Å². The lowest BCUT2D eigenvalue weighted by atomic mass is 9.75. The van der Waals surface area contributed by atoms with Crippen LogP contribution in [0.1, 0.15) is 52.9 Å². The summed E-state index contributed by atoms with van der Waals surface area (Å²) in [5.41, 5.74) is 3.84. The van der Waals surface area contributed by atoms with Crippen molar-refractivity contribution >= 4 is 17.5 Å². The third-order valence-electron chi connectivity index (χ3n) is 7.11. The number of fused-ring (bicyclic) bond motifs is 5. The van der Waals surface area contributed by atoms with Crippen LogP contribution in [-0.4, -0.2) is 43.3 Å². The zero-order valence-corrected chi connectivity index (χ0v) is 20.8. The number of amides is 2. The highest BCUT2D eigenvalue weighted by Crippen LogP contribution is 2.49. The van der Waals surface area contributed by atoms with E-state index in [-0.39, 0.29) is 18.6 Å². The molecule has 0 unspecified atom stereocenters. The van der Waals surface area contributed by atoms with Crippen molar-refractivity contribution in [1.82, 2.24) is 4.90 Å². The molecule has 2 atom stereocenters. The first-order chi connectivity index (χ1) is 18.1. The minimum atomic E-state index is -0.620. The van der Waals surface area contributed by atoms with Crippen molar-refractivity contribution in [2.45, 2.75) is 32.2 Å². The summed E-state index contributed by atoms with van der Waals surface area (Å²) in [5.74, 6) is 1.65. The van der Waals surface area contributed by atoms with Crippen LogP contribution in [0.4, 0.5) is 5.69 Å². The topological polar surface area (TPSA) is 86.3 Å². The van der Waals surface area contributed by atoms with Gasteiger partial charge in [-0.2, -0.15) is 0 Å². The molecule has 0 aliphatic carbocycles. The molecule has 1 N–H and O–H groups in total. The van der Waals surface area contributed by atoms with E-state index in [1.165, 1.54) is 0 Å². The third kappa shape index (κ3) is 3.93. The molecule has 3 aliphatic rings. The average Bonchev–Trinajstić information content (AvgIpc) is 3.37. The molecule has 3 aromatic carbocycles. The molecular weight excluding hydrogens is 472 g/mol. The highest BCUT2D eigenvalue weighted by Gasteiger charge is 2.46. The zero-order chi connectivity index (χ0) is 25.5. The van der Waals surface area contributed by atoms with Crippen LogP contribution in [0.15, 0.2) is 54.6 Å². The van der Waals surface area contributed by atoms with E-state index >= 15 is 0 Å². The van der Waals surface area contributed by atoms with Crippen LogP contribution in [0.2, 0.25) is 0 Å². The van der Waals surface area contributed by atoms with Crippen LogP contribution in [0.25, 0.3) is 0 Å². The summed E-state index contributed by atoms with van der Waals surface area (Å²) in [5, 5.41) is 3.06. The van der Waals surface area contributed by atoms with E-state index in [0.717, 1.165) is 11.1 Å². The second-order valence-electron chi connectivity index (χ2n) is 9.18. The maximum absolute atomic E-state index is 14.0. The summed E-state index contributed by atoms with van der Waals surface area (Å²) in [6.07, 6.45) is 0.669. The van der Waals surface area contributed by atoms with Gasteiger partial charge in [0.25, 0.3) is 5.91 Å². The number of carbonyl (C=O) groups is 2. The van der Waals surface area contributed by atoms with Crippen LogP contribution in [0, 0.1) is 0 Å². The molecule has 0 spiro atoms. The average molecular weight is 501 g/mol. The Kier molecular flexibility index (Phi) is 5.87. The van der Waals surface area contributed by atoms with Gasteiger partial charge in [-0.1, -0.05) is 18.2 Å². The Morgan fingerprint density at radius 2 is 1.73 bits per heavy atom. The largest absolute Gasteiger partial charge is 0.490 e. The molecule has 0 fully saturated rings. The van der Waals surface area contributed by atoms with Crippen LogP contribution in [-0.2, 0) is 11.2 Å². The number of anilines is 1. The van der Waals surface area contributed by atoms with Gasteiger partial charge in [-0.3, -0.25) is 9.59 Å².